The van der Waals surface area contributed by atoms with Crippen molar-refractivity contribution in [1.29, 1.82) is 0 Å². The van der Waals surface area contributed by atoms with Gasteiger partial charge in [0.15, 0.2) is 6.61 Å². The Morgan fingerprint density at radius 1 is 1.36 bits per heavy atom. The van der Waals surface area contributed by atoms with Crippen molar-refractivity contribution >= 4 is 27.7 Å². The number of benzene rings is 1. The van der Waals surface area contributed by atoms with Crippen LogP contribution in [0.25, 0.3) is 0 Å². The number of amidine groups is 1. The minimum atomic E-state index is -3.64. The molecule has 0 radical (unpaired) electrons. The maximum absolute atomic E-state index is 11.9. The van der Waals surface area contributed by atoms with E-state index in [9.17, 15) is 18.0 Å². The van der Waals surface area contributed by atoms with Gasteiger partial charge in [-0.05, 0) is 37.8 Å². The highest BCUT2D eigenvalue weighted by Gasteiger charge is 2.30. The average molecular weight is 365 g/mol. The van der Waals surface area contributed by atoms with Crippen LogP contribution in [0.15, 0.2) is 34.2 Å². The fourth-order valence-corrected chi connectivity index (χ4v) is 3.85. The number of ether oxygens (including phenoxy) is 1. The summed E-state index contributed by atoms with van der Waals surface area (Å²) in [6, 6.07) is 6.43. The van der Waals surface area contributed by atoms with Crippen molar-refractivity contribution in [2.45, 2.75) is 30.7 Å². The van der Waals surface area contributed by atoms with Gasteiger partial charge in [-0.3, -0.25) is 19.3 Å². The molecule has 134 valence electrons. The Kier molecular flexibility index (Phi) is 4.76. The Morgan fingerprint density at radius 3 is 2.80 bits per heavy atom. The second-order valence-electron chi connectivity index (χ2n) is 6.12. The third kappa shape index (κ3) is 4.16. The third-order valence-corrected chi connectivity index (χ3v) is 5.51. The zero-order valence-electron chi connectivity index (χ0n) is 13.7. The summed E-state index contributed by atoms with van der Waals surface area (Å²) in [7, 11) is -3.64. The van der Waals surface area contributed by atoms with Crippen molar-refractivity contribution < 1.29 is 22.7 Å². The van der Waals surface area contributed by atoms with Gasteiger partial charge in [-0.25, -0.2) is 8.42 Å². The molecule has 9 heteroatoms. The van der Waals surface area contributed by atoms with Crippen LogP contribution in [0.3, 0.4) is 0 Å². The minimum absolute atomic E-state index is 0.0795. The van der Waals surface area contributed by atoms with Gasteiger partial charge in [0, 0.05) is 11.6 Å². The Balaban J connectivity index is 1.52. The SMILES string of the molecule is C[C@@H](NC(=O)COC(=O)CN=C1NS(=O)(=O)c2ccccc21)C1CC1. The van der Waals surface area contributed by atoms with E-state index in [1.165, 1.54) is 6.07 Å². The number of esters is 1. The zero-order valence-corrected chi connectivity index (χ0v) is 14.5. The lowest BCUT2D eigenvalue weighted by Gasteiger charge is -2.12. The van der Waals surface area contributed by atoms with Gasteiger partial charge in [-0.2, -0.15) is 0 Å². The van der Waals surface area contributed by atoms with Gasteiger partial charge in [0.1, 0.15) is 12.4 Å². The van der Waals surface area contributed by atoms with Gasteiger partial charge in [0.05, 0.1) is 4.90 Å². The molecule has 1 saturated carbocycles. The van der Waals surface area contributed by atoms with Crippen LogP contribution in [0.2, 0.25) is 0 Å². The first kappa shape index (κ1) is 17.4. The molecule has 1 fully saturated rings. The van der Waals surface area contributed by atoms with Gasteiger partial charge in [0.2, 0.25) is 0 Å². The van der Waals surface area contributed by atoms with Gasteiger partial charge in [-0.15, -0.1) is 0 Å². The van der Waals surface area contributed by atoms with Crippen LogP contribution in [0.1, 0.15) is 25.3 Å². The molecule has 0 unspecified atom stereocenters. The summed E-state index contributed by atoms with van der Waals surface area (Å²) in [5.74, 6) is -0.446. The summed E-state index contributed by atoms with van der Waals surface area (Å²) in [5.41, 5.74) is 0.409. The number of carbonyl (C=O) groups excluding carboxylic acids is 2. The molecule has 2 aliphatic rings. The second-order valence-corrected chi connectivity index (χ2v) is 7.77. The van der Waals surface area contributed by atoms with Crippen LogP contribution in [-0.2, 0) is 24.3 Å². The molecule has 0 spiro atoms. The van der Waals surface area contributed by atoms with Crippen LogP contribution >= 0.6 is 0 Å². The fourth-order valence-electron chi connectivity index (χ4n) is 2.60. The standard InChI is InChI=1S/C16H19N3O5S/c1-10(11-6-7-11)18-14(20)9-24-15(21)8-17-16-12-4-2-3-5-13(12)25(22,23)19-16/h2-5,10-11H,6-9H2,1H3,(H,17,19)(H,18,20)/t10-/m1/s1. The molecule has 25 heavy (non-hydrogen) atoms. The van der Waals surface area contributed by atoms with Crippen molar-refractivity contribution in [3.05, 3.63) is 29.8 Å². The molecule has 1 aromatic rings. The first-order chi connectivity index (χ1) is 11.9. The lowest BCUT2D eigenvalue weighted by Crippen LogP contribution is -2.37. The van der Waals surface area contributed by atoms with E-state index in [4.69, 9.17) is 4.74 Å². The predicted molar refractivity (Wildman–Crippen MR) is 89.5 cm³/mol. The number of sulfonamides is 1. The van der Waals surface area contributed by atoms with Gasteiger partial charge in [-0.1, -0.05) is 12.1 Å². The van der Waals surface area contributed by atoms with Crippen molar-refractivity contribution in [2.24, 2.45) is 10.9 Å². The van der Waals surface area contributed by atoms with E-state index in [1.807, 2.05) is 6.92 Å². The molecule has 1 aliphatic carbocycles. The van der Waals surface area contributed by atoms with E-state index >= 15 is 0 Å². The molecule has 1 aromatic carbocycles. The number of hydrogen-bond acceptors (Lipinski definition) is 6. The molecule has 2 N–H and O–H groups in total. The van der Waals surface area contributed by atoms with Crippen molar-refractivity contribution in [3.63, 3.8) is 0 Å². The molecule has 3 rings (SSSR count). The minimum Gasteiger partial charge on any atom is -0.454 e. The van der Waals surface area contributed by atoms with Gasteiger partial charge < -0.3 is 10.1 Å². The number of amides is 1. The number of nitrogens with one attached hydrogen (secondary N) is 2. The van der Waals surface area contributed by atoms with Crippen LogP contribution in [0.4, 0.5) is 0 Å². The monoisotopic (exact) mass is 365 g/mol. The molecule has 1 heterocycles. The second kappa shape index (κ2) is 6.83. The van der Waals surface area contributed by atoms with E-state index in [0.717, 1.165) is 12.8 Å². The first-order valence-electron chi connectivity index (χ1n) is 7.98. The molecular weight excluding hydrogens is 346 g/mol. The first-order valence-corrected chi connectivity index (χ1v) is 9.47. The number of nitrogens with zero attached hydrogens (tertiary/aromatic N) is 1. The maximum atomic E-state index is 11.9. The van der Waals surface area contributed by atoms with E-state index < -0.39 is 16.0 Å². The fraction of sp³-hybridized carbons (Fsp3) is 0.438. The Labute approximate surface area is 145 Å². The predicted octanol–water partition coefficient (Wildman–Crippen LogP) is 0.183. The molecular formula is C16H19N3O5S. The molecule has 1 aliphatic heterocycles. The van der Waals surface area contributed by atoms with Crippen molar-refractivity contribution in [2.75, 3.05) is 13.2 Å². The Morgan fingerprint density at radius 2 is 2.08 bits per heavy atom. The van der Waals surface area contributed by atoms with Crippen LogP contribution in [0.5, 0.6) is 0 Å². The summed E-state index contributed by atoms with van der Waals surface area (Å²) in [5, 5.41) is 2.77. The largest absolute Gasteiger partial charge is 0.454 e. The number of rotatable bonds is 6. The average Bonchev–Trinajstić information content (AvgIpc) is 3.38. The topological polar surface area (TPSA) is 114 Å². The number of fused-ring (bicyclic) bond motifs is 1. The third-order valence-electron chi connectivity index (χ3n) is 4.11. The van der Waals surface area contributed by atoms with Gasteiger partial charge >= 0.3 is 5.97 Å². The Hall–Kier alpha value is -2.42. The molecule has 8 nitrogen and oxygen atoms in total. The molecule has 1 atom stereocenters. The van der Waals surface area contributed by atoms with E-state index in [0.29, 0.717) is 11.5 Å². The van der Waals surface area contributed by atoms with Crippen LogP contribution in [-0.4, -0.2) is 45.3 Å². The molecule has 0 aromatic heterocycles. The van der Waals surface area contributed by atoms with E-state index in [2.05, 4.69) is 15.0 Å². The summed E-state index contributed by atoms with van der Waals surface area (Å²) >= 11 is 0. The summed E-state index contributed by atoms with van der Waals surface area (Å²) in [4.78, 5) is 27.5. The lowest BCUT2D eigenvalue weighted by molar-refractivity contribution is -0.147. The van der Waals surface area contributed by atoms with Crippen LogP contribution in [0, 0.1) is 5.92 Å². The molecule has 0 saturated heterocycles. The smallest absolute Gasteiger partial charge is 0.328 e. The summed E-state index contributed by atoms with van der Waals surface area (Å²) < 4.78 is 31.0. The highest BCUT2D eigenvalue weighted by atomic mass is 32.2. The zero-order chi connectivity index (χ0) is 18.0. The summed E-state index contributed by atoms with van der Waals surface area (Å²) in [6.07, 6.45) is 2.21. The van der Waals surface area contributed by atoms with Crippen molar-refractivity contribution in [1.82, 2.24) is 10.0 Å². The number of hydrogen-bond donors (Lipinski definition) is 2. The number of carbonyl (C=O) groups is 2. The molecule has 1 amide bonds. The highest BCUT2D eigenvalue weighted by molar-refractivity contribution is 7.90. The van der Waals surface area contributed by atoms with Crippen LogP contribution < -0.4 is 10.0 Å². The Bertz CT molecular complexity index is 830. The maximum Gasteiger partial charge on any atom is 0.328 e. The quantitative estimate of drug-likeness (QED) is 0.698. The van der Waals surface area contributed by atoms with Crippen molar-refractivity contribution in [3.8, 4) is 0 Å². The van der Waals surface area contributed by atoms with E-state index in [1.54, 1.807) is 18.2 Å². The molecule has 0 bridgehead atoms. The highest BCUT2D eigenvalue weighted by Crippen LogP contribution is 2.32. The van der Waals surface area contributed by atoms with E-state index in [-0.39, 0.29) is 35.8 Å². The normalized spacial score (nSPS) is 20.4. The van der Waals surface area contributed by atoms with Gasteiger partial charge in [0.25, 0.3) is 15.9 Å². The lowest BCUT2D eigenvalue weighted by atomic mass is 10.2. The summed E-state index contributed by atoms with van der Waals surface area (Å²) in [6.45, 7) is 1.17. The number of aliphatic imine (C=N–C) groups is 1.